The van der Waals surface area contributed by atoms with Gasteiger partial charge >= 0.3 is 0 Å². The Morgan fingerprint density at radius 1 is 1.29 bits per heavy atom. The number of rotatable bonds is 0. The molecule has 1 aliphatic heterocycles. The van der Waals surface area contributed by atoms with E-state index in [1.54, 1.807) is 19.1 Å². The van der Waals surface area contributed by atoms with Gasteiger partial charge in [-0.15, -0.1) is 0 Å². The van der Waals surface area contributed by atoms with Crippen LogP contribution in [0.15, 0.2) is 18.2 Å². The van der Waals surface area contributed by atoms with Crippen LogP contribution in [-0.4, -0.2) is 16.3 Å². The zero-order valence-electron chi connectivity index (χ0n) is 8.27. The van der Waals surface area contributed by atoms with Crippen LogP contribution in [0.1, 0.15) is 37.2 Å². The van der Waals surface area contributed by atoms with Crippen molar-refractivity contribution in [2.24, 2.45) is 0 Å². The molecule has 0 aliphatic carbocycles. The summed E-state index contributed by atoms with van der Waals surface area (Å²) in [6.45, 7) is 3.72. The summed E-state index contributed by atoms with van der Waals surface area (Å²) in [5, 5.41) is 19.5. The van der Waals surface area contributed by atoms with Crippen molar-refractivity contribution >= 4 is 0 Å². The molecule has 0 saturated heterocycles. The number of aliphatic hydroxyl groups is 1. The first-order chi connectivity index (χ1) is 6.61. The summed E-state index contributed by atoms with van der Waals surface area (Å²) in [7, 11) is 0. The fraction of sp³-hybridized carbons (Fsp3) is 0.455. The average molecular weight is 194 g/mol. The Morgan fingerprint density at radius 3 is 2.71 bits per heavy atom. The molecule has 1 aromatic carbocycles. The van der Waals surface area contributed by atoms with Crippen LogP contribution in [0.3, 0.4) is 0 Å². The van der Waals surface area contributed by atoms with Crippen molar-refractivity contribution in [3.8, 4) is 5.75 Å². The summed E-state index contributed by atoms with van der Waals surface area (Å²) in [6.07, 6.45) is -1.08. The molecular weight excluding hydrogens is 180 g/mol. The summed E-state index contributed by atoms with van der Waals surface area (Å²) in [4.78, 5) is 0. The third-order valence-corrected chi connectivity index (χ3v) is 2.71. The number of aliphatic hydroxyl groups excluding tert-OH is 1. The quantitative estimate of drug-likeness (QED) is 0.663. The van der Waals surface area contributed by atoms with Crippen molar-refractivity contribution in [3.05, 3.63) is 29.3 Å². The van der Waals surface area contributed by atoms with Crippen LogP contribution < -0.4 is 0 Å². The zero-order valence-corrected chi connectivity index (χ0v) is 8.27. The molecule has 3 nitrogen and oxygen atoms in total. The molecule has 1 aliphatic rings. The topological polar surface area (TPSA) is 49.7 Å². The molecular formula is C11H14O3. The highest BCUT2D eigenvalue weighted by Crippen LogP contribution is 2.40. The Balaban J connectivity index is 2.56. The lowest BCUT2D eigenvalue weighted by atomic mass is 9.92. The van der Waals surface area contributed by atoms with E-state index >= 15 is 0 Å². The molecule has 3 heteroatoms. The molecule has 0 radical (unpaired) electrons. The van der Waals surface area contributed by atoms with Crippen molar-refractivity contribution in [2.75, 3.05) is 0 Å². The third kappa shape index (κ3) is 1.29. The minimum atomic E-state index is -0.734. The number of fused-ring (bicyclic) bond motifs is 1. The first-order valence-corrected chi connectivity index (χ1v) is 4.76. The van der Waals surface area contributed by atoms with Gasteiger partial charge in [-0.3, -0.25) is 0 Å². The third-order valence-electron chi connectivity index (χ3n) is 2.71. The molecule has 3 atom stereocenters. The number of ether oxygens (including phenoxy) is 1. The predicted molar refractivity (Wildman–Crippen MR) is 52.0 cm³/mol. The lowest BCUT2D eigenvalue weighted by molar-refractivity contribution is -0.0816. The lowest BCUT2D eigenvalue weighted by Gasteiger charge is -2.32. The van der Waals surface area contributed by atoms with Gasteiger partial charge in [0, 0.05) is 5.56 Å². The molecule has 0 spiro atoms. The maximum atomic E-state index is 9.84. The van der Waals surface area contributed by atoms with Crippen molar-refractivity contribution < 1.29 is 14.9 Å². The van der Waals surface area contributed by atoms with Gasteiger partial charge in [0.15, 0.2) is 0 Å². The summed E-state index contributed by atoms with van der Waals surface area (Å²) in [5.41, 5.74) is 1.48. The van der Waals surface area contributed by atoms with E-state index in [2.05, 4.69) is 0 Å². The fourth-order valence-electron chi connectivity index (χ4n) is 1.95. The van der Waals surface area contributed by atoms with Gasteiger partial charge in [0.25, 0.3) is 0 Å². The van der Waals surface area contributed by atoms with E-state index in [-0.39, 0.29) is 18.0 Å². The second kappa shape index (κ2) is 3.26. The van der Waals surface area contributed by atoms with E-state index in [1.165, 1.54) is 0 Å². The molecule has 0 amide bonds. The van der Waals surface area contributed by atoms with Gasteiger partial charge in [-0.1, -0.05) is 12.1 Å². The number of hydrogen-bond donors (Lipinski definition) is 2. The van der Waals surface area contributed by atoms with Gasteiger partial charge in [-0.05, 0) is 25.5 Å². The van der Waals surface area contributed by atoms with Gasteiger partial charge in [-0.25, -0.2) is 0 Å². The van der Waals surface area contributed by atoms with Crippen LogP contribution >= 0.6 is 0 Å². The number of hydrogen-bond acceptors (Lipinski definition) is 3. The summed E-state index contributed by atoms with van der Waals surface area (Å²) >= 11 is 0. The molecule has 1 aromatic rings. The van der Waals surface area contributed by atoms with E-state index in [0.29, 0.717) is 5.56 Å². The number of phenols is 1. The van der Waals surface area contributed by atoms with Gasteiger partial charge in [0.05, 0.1) is 12.2 Å². The normalized spacial score (nSPS) is 31.2. The van der Waals surface area contributed by atoms with E-state index in [1.807, 2.05) is 13.0 Å². The predicted octanol–water partition coefficient (Wildman–Crippen LogP) is 1.91. The molecule has 76 valence electrons. The van der Waals surface area contributed by atoms with Gasteiger partial charge < -0.3 is 14.9 Å². The van der Waals surface area contributed by atoms with Gasteiger partial charge in [-0.2, -0.15) is 0 Å². The van der Waals surface area contributed by atoms with Crippen LogP contribution in [0.5, 0.6) is 5.75 Å². The fourth-order valence-corrected chi connectivity index (χ4v) is 1.95. The van der Waals surface area contributed by atoms with Crippen LogP contribution in [-0.2, 0) is 4.74 Å². The highest BCUT2D eigenvalue weighted by molar-refractivity contribution is 5.43. The largest absolute Gasteiger partial charge is 0.508 e. The van der Waals surface area contributed by atoms with Crippen molar-refractivity contribution in [1.82, 2.24) is 0 Å². The minimum absolute atomic E-state index is 0.0736. The lowest BCUT2D eigenvalue weighted by Crippen LogP contribution is -2.27. The monoisotopic (exact) mass is 194 g/mol. The Kier molecular flexibility index (Phi) is 2.21. The van der Waals surface area contributed by atoms with E-state index in [9.17, 15) is 10.2 Å². The highest BCUT2D eigenvalue weighted by Gasteiger charge is 2.31. The molecule has 1 heterocycles. The first kappa shape index (κ1) is 9.49. The smallest absolute Gasteiger partial charge is 0.121 e. The highest BCUT2D eigenvalue weighted by atomic mass is 16.5. The average Bonchev–Trinajstić information content (AvgIpc) is 2.14. The van der Waals surface area contributed by atoms with E-state index in [0.717, 1.165) is 5.56 Å². The van der Waals surface area contributed by atoms with Gasteiger partial charge in [0.2, 0.25) is 0 Å². The van der Waals surface area contributed by atoms with Crippen molar-refractivity contribution in [1.29, 1.82) is 0 Å². The Hall–Kier alpha value is -1.06. The first-order valence-electron chi connectivity index (χ1n) is 4.76. The SMILES string of the molecule is C[C@@H]1O[C@H](C)c2cccc(O)c2[C@H]1O. The number of aromatic hydroxyl groups is 1. The van der Waals surface area contributed by atoms with E-state index < -0.39 is 6.10 Å². The molecule has 0 bridgehead atoms. The Bertz CT molecular complexity index is 348. The van der Waals surface area contributed by atoms with Crippen LogP contribution in [0.4, 0.5) is 0 Å². The van der Waals surface area contributed by atoms with Crippen molar-refractivity contribution in [3.63, 3.8) is 0 Å². The second-order valence-corrected chi connectivity index (χ2v) is 3.71. The molecule has 14 heavy (non-hydrogen) atoms. The maximum Gasteiger partial charge on any atom is 0.121 e. The Labute approximate surface area is 83.0 Å². The number of phenolic OH excluding ortho intramolecular Hbond substituents is 1. The van der Waals surface area contributed by atoms with Crippen LogP contribution in [0, 0.1) is 0 Å². The van der Waals surface area contributed by atoms with Crippen LogP contribution in [0.2, 0.25) is 0 Å². The maximum absolute atomic E-state index is 9.84. The summed E-state index contributed by atoms with van der Waals surface area (Å²) in [5.74, 6) is 0.150. The summed E-state index contributed by atoms with van der Waals surface area (Å²) in [6, 6.07) is 5.22. The molecule has 2 N–H and O–H groups in total. The van der Waals surface area contributed by atoms with Crippen LogP contribution in [0.25, 0.3) is 0 Å². The van der Waals surface area contributed by atoms with Gasteiger partial charge in [0.1, 0.15) is 11.9 Å². The van der Waals surface area contributed by atoms with E-state index in [4.69, 9.17) is 4.74 Å². The molecule has 0 unspecified atom stereocenters. The molecule has 0 fully saturated rings. The van der Waals surface area contributed by atoms with Crippen molar-refractivity contribution in [2.45, 2.75) is 32.2 Å². The number of benzene rings is 1. The zero-order chi connectivity index (χ0) is 10.3. The molecule has 2 rings (SSSR count). The summed E-state index contributed by atoms with van der Waals surface area (Å²) < 4.78 is 5.52. The molecule has 0 saturated carbocycles. The minimum Gasteiger partial charge on any atom is -0.508 e. The second-order valence-electron chi connectivity index (χ2n) is 3.71. The standard InChI is InChI=1S/C11H14O3/c1-6-8-4-3-5-9(12)10(8)11(13)7(2)14-6/h3-7,11-13H,1-2H3/t6-,7+,11+/m1/s1. The molecule has 0 aromatic heterocycles. The Morgan fingerprint density at radius 2 is 2.00 bits per heavy atom.